The standard InChI is InChI=1S/C15H14N2O2/c1-8-2-10-7-17-15(19)6-12(10)13-4-9(3-11(8)13)5-14(16)18/h2-3,6-7H,4-5H2,1H3,(H2,16,18)(H,17,19). The Morgan fingerprint density at radius 2 is 2.21 bits per heavy atom. The molecule has 19 heavy (non-hydrogen) atoms. The van der Waals surface area contributed by atoms with Crippen molar-refractivity contribution in [3.63, 3.8) is 0 Å². The predicted octanol–water partition coefficient (Wildman–Crippen LogP) is 1.65. The highest BCUT2D eigenvalue weighted by molar-refractivity contribution is 5.92. The second kappa shape index (κ2) is 4.09. The molecule has 0 saturated carbocycles. The molecule has 1 heterocycles. The van der Waals surface area contributed by atoms with Crippen LogP contribution in [0.5, 0.6) is 0 Å². The van der Waals surface area contributed by atoms with Gasteiger partial charge in [0.15, 0.2) is 0 Å². The number of aromatic nitrogens is 1. The Bertz CT molecular complexity index is 785. The largest absolute Gasteiger partial charge is 0.369 e. The van der Waals surface area contributed by atoms with Gasteiger partial charge >= 0.3 is 0 Å². The summed E-state index contributed by atoms with van der Waals surface area (Å²) in [5.74, 6) is -0.320. The van der Waals surface area contributed by atoms with Crippen LogP contribution in [0.25, 0.3) is 16.8 Å². The number of H-pyrrole nitrogens is 1. The van der Waals surface area contributed by atoms with Crippen molar-refractivity contribution in [3.05, 3.63) is 50.9 Å². The molecule has 3 rings (SSSR count). The number of amides is 1. The van der Waals surface area contributed by atoms with E-state index in [2.05, 4.69) is 4.98 Å². The number of nitrogens with two attached hydrogens (primary N) is 1. The minimum absolute atomic E-state index is 0.109. The SMILES string of the molecule is Cc1cc2c[nH]c(=O)cc2c2c1C=C(CC(N)=O)C2. The van der Waals surface area contributed by atoms with Gasteiger partial charge in [0.2, 0.25) is 11.5 Å². The number of hydrogen-bond donors (Lipinski definition) is 2. The molecule has 1 aliphatic rings. The lowest BCUT2D eigenvalue weighted by atomic mass is 9.97. The molecular formula is C15H14N2O2. The fourth-order valence-corrected chi connectivity index (χ4v) is 2.77. The van der Waals surface area contributed by atoms with E-state index >= 15 is 0 Å². The van der Waals surface area contributed by atoms with Crippen LogP contribution in [0.1, 0.15) is 23.1 Å². The molecule has 3 N–H and O–H groups in total. The van der Waals surface area contributed by atoms with Crippen LogP contribution in [0.3, 0.4) is 0 Å². The van der Waals surface area contributed by atoms with Crippen LogP contribution >= 0.6 is 0 Å². The third-order valence-corrected chi connectivity index (χ3v) is 3.56. The molecule has 0 spiro atoms. The molecule has 1 aromatic heterocycles. The van der Waals surface area contributed by atoms with Crippen molar-refractivity contribution < 1.29 is 4.79 Å². The number of aryl methyl sites for hydroxylation is 1. The molecule has 0 fully saturated rings. The second-order valence-electron chi connectivity index (χ2n) is 5.01. The first-order valence-corrected chi connectivity index (χ1v) is 6.17. The summed E-state index contributed by atoms with van der Waals surface area (Å²) in [7, 11) is 0. The summed E-state index contributed by atoms with van der Waals surface area (Å²) in [6.45, 7) is 2.03. The highest BCUT2D eigenvalue weighted by atomic mass is 16.1. The normalized spacial score (nSPS) is 13.4. The zero-order valence-electron chi connectivity index (χ0n) is 10.6. The third kappa shape index (κ3) is 1.95. The van der Waals surface area contributed by atoms with Crippen LogP contribution in [0.15, 0.2) is 28.7 Å². The molecule has 0 radical (unpaired) electrons. The van der Waals surface area contributed by atoms with E-state index in [9.17, 15) is 9.59 Å². The van der Waals surface area contributed by atoms with Gasteiger partial charge in [-0.2, -0.15) is 0 Å². The molecule has 1 amide bonds. The molecule has 2 aromatic rings. The van der Waals surface area contributed by atoms with Crippen molar-refractivity contribution >= 4 is 22.8 Å². The molecule has 0 saturated heterocycles. The van der Waals surface area contributed by atoms with Crippen LogP contribution in [-0.4, -0.2) is 10.9 Å². The average molecular weight is 254 g/mol. The van der Waals surface area contributed by atoms with Gasteiger partial charge in [0.1, 0.15) is 0 Å². The summed E-state index contributed by atoms with van der Waals surface area (Å²) in [6, 6.07) is 3.67. The maximum absolute atomic E-state index is 11.5. The van der Waals surface area contributed by atoms with Crippen LogP contribution in [0.4, 0.5) is 0 Å². The van der Waals surface area contributed by atoms with Gasteiger partial charge in [-0.15, -0.1) is 0 Å². The molecule has 0 aliphatic heterocycles. The average Bonchev–Trinajstić information content (AvgIpc) is 2.74. The minimum Gasteiger partial charge on any atom is -0.369 e. The lowest BCUT2D eigenvalue weighted by molar-refractivity contribution is -0.117. The molecule has 0 unspecified atom stereocenters. The number of benzene rings is 1. The van der Waals surface area contributed by atoms with E-state index in [1.807, 2.05) is 19.1 Å². The van der Waals surface area contributed by atoms with E-state index in [0.717, 1.165) is 33.0 Å². The summed E-state index contributed by atoms with van der Waals surface area (Å²) in [5, 5.41) is 1.98. The lowest BCUT2D eigenvalue weighted by Crippen LogP contribution is -2.11. The minimum atomic E-state index is -0.320. The highest BCUT2D eigenvalue weighted by Crippen LogP contribution is 2.34. The highest BCUT2D eigenvalue weighted by Gasteiger charge is 2.19. The van der Waals surface area contributed by atoms with E-state index in [1.54, 1.807) is 12.3 Å². The summed E-state index contributed by atoms with van der Waals surface area (Å²) in [6.07, 6.45) is 4.73. The number of aromatic amines is 1. The Kier molecular flexibility index (Phi) is 2.52. The molecule has 1 aliphatic carbocycles. The van der Waals surface area contributed by atoms with Gasteiger partial charge in [-0.25, -0.2) is 0 Å². The Morgan fingerprint density at radius 1 is 1.42 bits per heavy atom. The zero-order chi connectivity index (χ0) is 13.6. The van der Waals surface area contributed by atoms with E-state index in [4.69, 9.17) is 5.73 Å². The van der Waals surface area contributed by atoms with Gasteiger partial charge in [-0.3, -0.25) is 9.59 Å². The van der Waals surface area contributed by atoms with Crippen molar-refractivity contribution in [2.45, 2.75) is 19.8 Å². The molecule has 0 atom stereocenters. The maximum Gasteiger partial charge on any atom is 0.248 e. The number of hydrogen-bond acceptors (Lipinski definition) is 2. The predicted molar refractivity (Wildman–Crippen MR) is 74.8 cm³/mol. The Labute approximate surface area is 109 Å². The zero-order valence-corrected chi connectivity index (χ0v) is 10.6. The smallest absolute Gasteiger partial charge is 0.248 e. The maximum atomic E-state index is 11.5. The first kappa shape index (κ1) is 11.7. The monoisotopic (exact) mass is 254 g/mol. The van der Waals surface area contributed by atoms with E-state index in [-0.39, 0.29) is 17.9 Å². The summed E-state index contributed by atoms with van der Waals surface area (Å²) in [4.78, 5) is 25.2. The van der Waals surface area contributed by atoms with Gasteiger partial charge in [0.25, 0.3) is 0 Å². The summed E-state index contributed by atoms with van der Waals surface area (Å²) in [5.41, 5.74) is 9.54. The second-order valence-corrected chi connectivity index (χ2v) is 5.01. The molecule has 96 valence electrons. The number of pyridine rings is 1. The van der Waals surface area contributed by atoms with E-state index in [1.165, 1.54) is 0 Å². The Balaban J connectivity index is 2.19. The lowest BCUT2D eigenvalue weighted by Gasteiger charge is -2.08. The molecule has 4 heteroatoms. The first-order valence-electron chi connectivity index (χ1n) is 6.17. The quantitative estimate of drug-likeness (QED) is 0.855. The van der Waals surface area contributed by atoms with Crippen molar-refractivity contribution in [3.8, 4) is 0 Å². The van der Waals surface area contributed by atoms with Crippen LogP contribution in [-0.2, 0) is 11.2 Å². The fraction of sp³-hybridized carbons (Fsp3) is 0.200. The van der Waals surface area contributed by atoms with Crippen LogP contribution in [0.2, 0.25) is 0 Å². The third-order valence-electron chi connectivity index (χ3n) is 3.56. The number of nitrogens with one attached hydrogen (secondary N) is 1. The summed E-state index contributed by atoms with van der Waals surface area (Å²) < 4.78 is 0. The van der Waals surface area contributed by atoms with Crippen LogP contribution < -0.4 is 11.3 Å². The topological polar surface area (TPSA) is 75.9 Å². The van der Waals surface area contributed by atoms with E-state index < -0.39 is 0 Å². The molecular weight excluding hydrogens is 240 g/mol. The molecule has 4 nitrogen and oxygen atoms in total. The van der Waals surface area contributed by atoms with Crippen molar-refractivity contribution in [1.82, 2.24) is 4.98 Å². The van der Waals surface area contributed by atoms with Crippen molar-refractivity contribution in [1.29, 1.82) is 0 Å². The van der Waals surface area contributed by atoms with Crippen molar-refractivity contribution in [2.75, 3.05) is 0 Å². The number of carbonyl (C=O) groups is 1. The van der Waals surface area contributed by atoms with Gasteiger partial charge in [-0.1, -0.05) is 11.6 Å². The van der Waals surface area contributed by atoms with Gasteiger partial charge in [-0.05, 0) is 46.9 Å². The number of rotatable bonds is 2. The molecule has 1 aromatic carbocycles. The van der Waals surface area contributed by atoms with Gasteiger partial charge in [0, 0.05) is 18.7 Å². The number of carbonyl (C=O) groups excluding carboxylic acids is 1. The van der Waals surface area contributed by atoms with Gasteiger partial charge < -0.3 is 10.7 Å². The Hall–Kier alpha value is -2.36. The van der Waals surface area contributed by atoms with Crippen LogP contribution in [0, 0.1) is 6.92 Å². The van der Waals surface area contributed by atoms with Crippen molar-refractivity contribution in [2.24, 2.45) is 5.73 Å². The number of primary amides is 1. The van der Waals surface area contributed by atoms with Gasteiger partial charge in [0.05, 0.1) is 0 Å². The Morgan fingerprint density at radius 3 is 2.95 bits per heavy atom. The molecule has 0 bridgehead atoms. The summed E-state index contributed by atoms with van der Waals surface area (Å²) >= 11 is 0. The fourth-order valence-electron chi connectivity index (χ4n) is 2.77. The van der Waals surface area contributed by atoms with E-state index in [0.29, 0.717) is 6.42 Å². The number of fused-ring (bicyclic) bond motifs is 3. The first-order chi connectivity index (χ1) is 9.04.